The Kier molecular flexibility index (Phi) is 6.15. The van der Waals surface area contributed by atoms with Crippen molar-refractivity contribution in [3.8, 4) is 0 Å². The summed E-state index contributed by atoms with van der Waals surface area (Å²) in [4.78, 5) is 31.4. The first-order valence-corrected chi connectivity index (χ1v) is 9.83. The van der Waals surface area contributed by atoms with Gasteiger partial charge in [-0.2, -0.15) is 0 Å². The lowest BCUT2D eigenvalue weighted by atomic mass is 10.3. The number of pyridine rings is 2. The van der Waals surface area contributed by atoms with Crippen molar-refractivity contribution in [3.63, 3.8) is 0 Å². The first kappa shape index (κ1) is 20.0. The second-order valence-corrected chi connectivity index (χ2v) is 7.39. The Labute approximate surface area is 166 Å². The molecule has 1 aromatic carbocycles. The molecule has 0 aliphatic heterocycles. The van der Waals surface area contributed by atoms with Crippen LogP contribution in [0.2, 0.25) is 0 Å². The highest BCUT2D eigenvalue weighted by molar-refractivity contribution is 7.92. The zero-order chi connectivity index (χ0) is 20.7. The van der Waals surface area contributed by atoms with Crippen LogP contribution in [0.15, 0.2) is 78.1 Å². The van der Waals surface area contributed by atoms with E-state index in [1.807, 2.05) is 0 Å². The average molecular weight is 412 g/mol. The van der Waals surface area contributed by atoms with Gasteiger partial charge < -0.3 is 10.1 Å². The third-order valence-corrected chi connectivity index (χ3v) is 4.95. The number of ether oxygens (including phenoxy) is 1. The topological polar surface area (TPSA) is 127 Å². The number of nitrogens with zero attached hydrogens (tertiary/aromatic N) is 2. The molecule has 0 aliphatic carbocycles. The van der Waals surface area contributed by atoms with Gasteiger partial charge in [-0.3, -0.25) is 14.5 Å². The van der Waals surface area contributed by atoms with Gasteiger partial charge in [0.25, 0.3) is 15.9 Å². The molecule has 0 fully saturated rings. The quantitative estimate of drug-likeness (QED) is 0.569. The average Bonchev–Trinajstić information content (AvgIpc) is 2.73. The molecule has 0 aliphatic rings. The van der Waals surface area contributed by atoms with Crippen LogP contribution < -0.4 is 10.0 Å². The van der Waals surface area contributed by atoms with Gasteiger partial charge in [0, 0.05) is 24.3 Å². The number of sulfonamides is 1. The van der Waals surface area contributed by atoms with E-state index in [2.05, 4.69) is 20.0 Å². The Morgan fingerprint density at radius 2 is 1.76 bits per heavy atom. The molecule has 3 rings (SSSR count). The monoisotopic (exact) mass is 412 g/mol. The number of esters is 1. The van der Waals surface area contributed by atoms with Gasteiger partial charge in [0.2, 0.25) is 0 Å². The van der Waals surface area contributed by atoms with E-state index in [4.69, 9.17) is 4.74 Å². The number of hydrogen-bond acceptors (Lipinski definition) is 7. The normalized spacial score (nSPS) is 10.8. The highest BCUT2D eigenvalue weighted by Crippen LogP contribution is 2.17. The van der Waals surface area contributed by atoms with Gasteiger partial charge in [0.05, 0.1) is 10.5 Å². The second kappa shape index (κ2) is 8.93. The van der Waals surface area contributed by atoms with Crippen LogP contribution in [0.25, 0.3) is 0 Å². The Morgan fingerprint density at radius 1 is 0.966 bits per heavy atom. The lowest BCUT2D eigenvalue weighted by molar-refractivity contribution is -0.119. The zero-order valence-electron chi connectivity index (χ0n) is 15.0. The minimum absolute atomic E-state index is 0.00385. The number of carbonyl (C=O) groups is 2. The summed E-state index contributed by atoms with van der Waals surface area (Å²) in [5.74, 6) is -1.04. The summed E-state index contributed by atoms with van der Waals surface area (Å²) in [7, 11) is -3.81. The first-order chi connectivity index (χ1) is 13.9. The van der Waals surface area contributed by atoms with Crippen molar-refractivity contribution in [1.82, 2.24) is 9.97 Å². The molecule has 0 radical (unpaired) electrons. The Morgan fingerprint density at radius 3 is 2.41 bits per heavy atom. The summed E-state index contributed by atoms with van der Waals surface area (Å²) >= 11 is 0. The van der Waals surface area contributed by atoms with Crippen molar-refractivity contribution < 1.29 is 22.7 Å². The van der Waals surface area contributed by atoms with E-state index in [-0.39, 0.29) is 16.3 Å². The third kappa shape index (κ3) is 5.59. The van der Waals surface area contributed by atoms with Gasteiger partial charge in [-0.05, 0) is 48.5 Å². The van der Waals surface area contributed by atoms with Crippen molar-refractivity contribution in [2.75, 3.05) is 16.6 Å². The molecular formula is C19H16N4O5S. The highest BCUT2D eigenvalue weighted by Gasteiger charge is 2.15. The largest absolute Gasteiger partial charge is 0.452 e. The molecule has 0 unspecified atom stereocenters. The number of rotatable bonds is 7. The minimum atomic E-state index is -3.81. The number of hydrogen-bond donors (Lipinski definition) is 2. The highest BCUT2D eigenvalue weighted by atomic mass is 32.2. The van der Waals surface area contributed by atoms with Gasteiger partial charge in [-0.1, -0.05) is 6.07 Å². The van der Waals surface area contributed by atoms with Crippen molar-refractivity contribution in [2.45, 2.75) is 4.90 Å². The van der Waals surface area contributed by atoms with Crippen LogP contribution in [0.1, 0.15) is 10.4 Å². The maximum atomic E-state index is 12.3. The lowest BCUT2D eigenvalue weighted by Gasteiger charge is -2.09. The maximum absolute atomic E-state index is 12.3. The molecule has 2 N–H and O–H groups in total. The minimum Gasteiger partial charge on any atom is -0.452 e. The molecular weight excluding hydrogens is 396 g/mol. The molecule has 148 valence electrons. The molecule has 2 heterocycles. The van der Waals surface area contributed by atoms with E-state index in [1.165, 1.54) is 55.0 Å². The number of anilines is 2. The fourth-order valence-electron chi connectivity index (χ4n) is 2.23. The third-order valence-electron chi connectivity index (χ3n) is 3.58. The molecule has 0 atom stereocenters. The van der Waals surface area contributed by atoms with Crippen molar-refractivity contribution in [1.29, 1.82) is 0 Å². The molecule has 2 aromatic heterocycles. The summed E-state index contributed by atoms with van der Waals surface area (Å²) in [5, 5.41) is 2.52. The van der Waals surface area contributed by atoms with Crippen LogP contribution in [-0.2, 0) is 19.6 Å². The van der Waals surface area contributed by atoms with Crippen molar-refractivity contribution in [2.24, 2.45) is 0 Å². The van der Waals surface area contributed by atoms with E-state index < -0.39 is 28.5 Å². The predicted octanol–water partition coefficient (Wildman–Crippen LogP) is 2.07. The zero-order valence-corrected chi connectivity index (χ0v) is 15.8. The molecule has 0 bridgehead atoms. The smallest absolute Gasteiger partial charge is 0.340 e. The van der Waals surface area contributed by atoms with E-state index in [0.29, 0.717) is 5.69 Å². The molecule has 9 nitrogen and oxygen atoms in total. The molecule has 29 heavy (non-hydrogen) atoms. The van der Waals surface area contributed by atoms with Gasteiger partial charge in [-0.25, -0.2) is 18.2 Å². The van der Waals surface area contributed by atoms with Crippen LogP contribution in [0.4, 0.5) is 11.5 Å². The van der Waals surface area contributed by atoms with E-state index in [0.717, 1.165) is 0 Å². The van der Waals surface area contributed by atoms with Crippen molar-refractivity contribution in [3.05, 3.63) is 78.8 Å². The van der Waals surface area contributed by atoms with Crippen LogP contribution in [0, 0.1) is 0 Å². The van der Waals surface area contributed by atoms with E-state index in [9.17, 15) is 18.0 Å². The molecule has 1 amide bonds. The number of benzene rings is 1. The second-order valence-electron chi connectivity index (χ2n) is 5.71. The van der Waals surface area contributed by atoms with Gasteiger partial charge in [0.1, 0.15) is 5.82 Å². The number of amides is 1. The molecule has 0 saturated heterocycles. The fraction of sp³-hybridized carbons (Fsp3) is 0.0526. The molecule has 3 aromatic rings. The molecule has 0 spiro atoms. The Hall–Kier alpha value is -3.79. The van der Waals surface area contributed by atoms with E-state index in [1.54, 1.807) is 18.2 Å². The van der Waals surface area contributed by atoms with Gasteiger partial charge in [0.15, 0.2) is 6.61 Å². The van der Waals surface area contributed by atoms with E-state index >= 15 is 0 Å². The summed E-state index contributed by atoms with van der Waals surface area (Å²) in [6, 6.07) is 13.5. The number of nitrogens with one attached hydrogen (secondary N) is 2. The summed E-state index contributed by atoms with van der Waals surface area (Å²) in [6.07, 6.45) is 4.31. The van der Waals surface area contributed by atoms with Crippen LogP contribution >= 0.6 is 0 Å². The lowest BCUT2D eigenvalue weighted by Crippen LogP contribution is -2.21. The van der Waals surface area contributed by atoms with Crippen LogP contribution in [0.3, 0.4) is 0 Å². The number of aromatic nitrogens is 2. The van der Waals surface area contributed by atoms with Crippen LogP contribution in [-0.4, -0.2) is 36.9 Å². The summed E-state index contributed by atoms with van der Waals surface area (Å²) in [6.45, 7) is -0.491. The van der Waals surface area contributed by atoms with Gasteiger partial charge in [-0.15, -0.1) is 0 Å². The fourth-order valence-corrected chi connectivity index (χ4v) is 3.24. The van der Waals surface area contributed by atoms with Crippen LogP contribution in [0.5, 0.6) is 0 Å². The van der Waals surface area contributed by atoms with Crippen molar-refractivity contribution >= 4 is 33.4 Å². The molecule has 0 saturated carbocycles. The van der Waals surface area contributed by atoms with Gasteiger partial charge >= 0.3 is 5.97 Å². The maximum Gasteiger partial charge on any atom is 0.340 e. The standard InChI is InChI=1S/C19H16N4O5S/c24-18(13-28-19(25)14-4-3-10-20-12-14)22-15-6-8-16(9-7-15)29(26,27)23-17-5-1-2-11-21-17/h1-12H,13H2,(H,21,23)(H,22,24). The summed E-state index contributed by atoms with van der Waals surface area (Å²) < 4.78 is 31.9. The molecule has 10 heteroatoms. The number of carbonyl (C=O) groups excluding carboxylic acids is 2. The Bertz CT molecular complexity index is 1090. The summed E-state index contributed by atoms with van der Waals surface area (Å²) in [5.41, 5.74) is 0.583. The predicted molar refractivity (Wildman–Crippen MR) is 105 cm³/mol. The SMILES string of the molecule is O=C(COC(=O)c1cccnc1)Nc1ccc(S(=O)(=O)Nc2ccccn2)cc1. The Balaban J connectivity index is 1.56. The first-order valence-electron chi connectivity index (χ1n) is 8.35.